The van der Waals surface area contributed by atoms with Gasteiger partial charge >= 0.3 is 0 Å². The fraction of sp³-hybridized carbons (Fsp3) is 0.125. The van der Waals surface area contributed by atoms with Gasteiger partial charge in [-0.25, -0.2) is 0 Å². The molecule has 0 N–H and O–H groups in total. The summed E-state index contributed by atoms with van der Waals surface area (Å²) in [6.07, 6.45) is 0. The van der Waals surface area contributed by atoms with Crippen molar-refractivity contribution >= 4 is 54.3 Å². The molecule has 49 heavy (non-hydrogen) atoms. The Balaban J connectivity index is 1.51. The smallest absolute Gasteiger partial charge is 0.136 e. The first-order chi connectivity index (χ1) is 32.6. The monoisotopic (exact) mass is 649 g/mol. The molecule has 0 saturated heterocycles. The van der Waals surface area contributed by atoms with Gasteiger partial charge in [0.25, 0.3) is 0 Å². The third-order valence-electron chi connectivity index (χ3n) is 9.57. The van der Waals surface area contributed by atoms with Crippen LogP contribution >= 0.6 is 0 Å². The zero-order valence-corrected chi connectivity index (χ0v) is 26.9. The molecule has 1 heterocycles. The van der Waals surface area contributed by atoms with Gasteiger partial charge in [-0.2, -0.15) is 0 Å². The van der Waals surface area contributed by atoms with Crippen LogP contribution in [0.1, 0.15) is 70.5 Å². The Morgan fingerprint density at radius 2 is 1.20 bits per heavy atom. The van der Waals surface area contributed by atoms with Crippen LogP contribution in [0.5, 0.6) is 0 Å². The van der Waals surface area contributed by atoms with Gasteiger partial charge in [0.1, 0.15) is 11.2 Å². The summed E-state index contributed by atoms with van der Waals surface area (Å²) in [4.78, 5) is 0. The van der Waals surface area contributed by atoms with Gasteiger partial charge in [-0.1, -0.05) is 122 Å². The highest BCUT2D eigenvalue weighted by molar-refractivity contribution is 6.24. The van der Waals surface area contributed by atoms with Crippen molar-refractivity contribution in [2.75, 3.05) is 0 Å². The second kappa shape index (κ2) is 9.94. The Labute approximate surface area is 315 Å². The molecule has 0 bridgehead atoms. The van der Waals surface area contributed by atoms with E-state index in [0.29, 0.717) is 0 Å². The molecular weight excluding hydrogens is 593 g/mol. The molecule has 1 aliphatic rings. The molecular formula is C48H36O. The quantitative estimate of drug-likeness (QED) is 0.170. The zero-order chi connectivity index (χ0) is 51.5. The molecule has 0 unspecified atom stereocenters. The first-order valence-electron chi connectivity index (χ1n) is 26.2. The third kappa shape index (κ3) is 3.88. The van der Waals surface area contributed by atoms with Crippen LogP contribution in [0.15, 0.2) is 131 Å². The lowest BCUT2D eigenvalue weighted by atomic mass is 9.75. The van der Waals surface area contributed by atoms with E-state index in [2.05, 4.69) is 0 Å². The molecule has 9 aromatic rings. The van der Waals surface area contributed by atoms with Crippen LogP contribution < -0.4 is 0 Å². The number of rotatable bonds is 2. The number of fused-ring (bicyclic) bond motifs is 9. The van der Waals surface area contributed by atoms with E-state index >= 15 is 0 Å². The minimum atomic E-state index is -1.40. The Morgan fingerprint density at radius 3 is 2.02 bits per heavy atom. The van der Waals surface area contributed by atoms with Crippen LogP contribution in [-0.4, -0.2) is 0 Å². The van der Waals surface area contributed by atoms with E-state index in [-0.39, 0.29) is 123 Å². The van der Waals surface area contributed by atoms with Crippen molar-refractivity contribution in [3.05, 3.63) is 155 Å². The molecule has 8 aromatic carbocycles. The predicted molar refractivity (Wildman–Crippen MR) is 209 cm³/mol. The van der Waals surface area contributed by atoms with Gasteiger partial charge in [0.2, 0.25) is 0 Å². The van der Waals surface area contributed by atoms with E-state index in [1.54, 1.807) is 13.8 Å². The average Bonchev–Trinajstić information content (AvgIpc) is 3.85. The van der Waals surface area contributed by atoms with Crippen molar-refractivity contribution in [2.24, 2.45) is 0 Å². The van der Waals surface area contributed by atoms with Crippen molar-refractivity contribution in [3.8, 4) is 33.4 Å². The summed E-state index contributed by atoms with van der Waals surface area (Å²) in [7, 11) is 0. The van der Waals surface area contributed by atoms with Gasteiger partial charge in [0, 0.05) is 16.2 Å². The molecule has 1 aromatic heterocycles. The normalized spacial score (nSPS) is 19.6. The van der Waals surface area contributed by atoms with Crippen LogP contribution in [-0.2, 0) is 5.41 Å². The Kier molecular flexibility index (Phi) is 2.93. The maximum Gasteiger partial charge on any atom is 0.136 e. The highest BCUT2D eigenvalue weighted by Crippen LogP contribution is 2.56. The molecule has 0 atom stereocenters. The standard InChI is InChI=1S/C48H36O/c1-27-22-29(3)43-39(23-27)46(44-28(2)18-20-36-33-14-10-11-17-40(33)48(4,5)47(36)44)35-16-9-8-15-34(35)45(43)32-19-21-41-37(25-32)38-24-30-12-6-7-13-31(30)26-42(38)49-41/h6-26H,1-5H3/i6D,7D,8D,9D,10D,11D,12D,13D,14D,15D,16D,17D,18D,19D,20D,21D,22D,23D,24D,25D,26D. The summed E-state index contributed by atoms with van der Waals surface area (Å²) in [6, 6.07) is -12.0. The second-order valence-corrected chi connectivity index (χ2v) is 12.9. The van der Waals surface area contributed by atoms with Crippen LogP contribution in [0.2, 0.25) is 0 Å². The number of hydrogen-bond acceptors (Lipinski definition) is 1. The lowest BCUT2D eigenvalue weighted by molar-refractivity contribution is 0.662. The van der Waals surface area contributed by atoms with E-state index in [1.165, 1.54) is 20.8 Å². The van der Waals surface area contributed by atoms with Crippen LogP contribution in [0, 0.1) is 20.8 Å². The molecule has 0 saturated carbocycles. The van der Waals surface area contributed by atoms with Gasteiger partial charge in [-0.15, -0.1) is 0 Å². The minimum Gasteiger partial charge on any atom is -0.456 e. The van der Waals surface area contributed by atoms with E-state index in [0.717, 1.165) is 0 Å². The molecule has 0 fully saturated rings. The summed E-state index contributed by atoms with van der Waals surface area (Å²) in [5, 5.41) is -2.14. The van der Waals surface area contributed by atoms with Crippen molar-refractivity contribution in [1.29, 1.82) is 0 Å². The van der Waals surface area contributed by atoms with Gasteiger partial charge in [-0.3, -0.25) is 0 Å². The van der Waals surface area contributed by atoms with E-state index in [4.69, 9.17) is 19.5 Å². The number of hydrogen-bond donors (Lipinski definition) is 0. The van der Waals surface area contributed by atoms with Crippen LogP contribution in [0.3, 0.4) is 0 Å². The fourth-order valence-corrected chi connectivity index (χ4v) is 7.55. The molecule has 0 amide bonds. The first-order valence-corrected chi connectivity index (χ1v) is 15.7. The molecule has 1 aliphatic carbocycles. The zero-order valence-electron chi connectivity index (χ0n) is 47.9. The highest BCUT2D eigenvalue weighted by Gasteiger charge is 2.38. The molecule has 10 rings (SSSR count). The largest absolute Gasteiger partial charge is 0.456 e. The molecule has 0 radical (unpaired) electrons. The Hall–Kier alpha value is -5.66. The summed E-state index contributed by atoms with van der Waals surface area (Å²) in [6.45, 7) is 7.88. The predicted octanol–water partition coefficient (Wildman–Crippen LogP) is 13.6. The average molecular weight is 650 g/mol. The maximum absolute atomic E-state index is 10.0. The second-order valence-electron chi connectivity index (χ2n) is 12.9. The van der Waals surface area contributed by atoms with Gasteiger partial charge < -0.3 is 4.42 Å². The van der Waals surface area contributed by atoms with Crippen molar-refractivity contribution in [2.45, 2.75) is 40.0 Å². The number of furan rings is 1. The summed E-state index contributed by atoms with van der Waals surface area (Å²) in [5.74, 6) is 0. The molecule has 0 spiro atoms. The minimum absolute atomic E-state index is 0.0173. The van der Waals surface area contributed by atoms with Crippen LogP contribution in [0.4, 0.5) is 0 Å². The molecule has 1 nitrogen and oxygen atoms in total. The molecule has 1 heteroatoms. The fourth-order valence-electron chi connectivity index (χ4n) is 7.55. The summed E-state index contributed by atoms with van der Waals surface area (Å²) in [5.41, 5.74) is -2.42. The van der Waals surface area contributed by atoms with Gasteiger partial charge in [0.15, 0.2) is 0 Å². The van der Waals surface area contributed by atoms with Gasteiger partial charge in [-0.05, 0) is 133 Å². The van der Waals surface area contributed by atoms with E-state index in [9.17, 15) is 13.7 Å². The van der Waals surface area contributed by atoms with E-state index < -0.39 is 125 Å². The number of benzene rings is 8. The number of aryl methyl sites for hydroxylation is 1. The lowest BCUT2D eigenvalue weighted by Gasteiger charge is -2.28. The van der Waals surface area contributed by atoms with Crippen LogP contribution in [0.25, 0.3) is 87.6 Å². The Bertz CT molecular complexity index is 3990. The maximum atomic E-state index is 10.0. The summed E-state index contributed by atoms with van der Waals surface area (Å²) < 4.78 is 198. The lowest BCUT2D eigenvalue weighted by Crippen LogP contribution is -2.17. The van der Waals surface area contributed by atoms with Crippen molar-refractivity contribution in [3.63, 3.8) is 0 Å². The SMILES string of the molecule is [2H]c1c([2H])c([2H])c2c(c1[2H])-c1c([2H])c([2H])c(C)c(-c3c4c([2H])c([2H])c([2H])c([2H])c4c(-c4c([2H])c([2H])c5oc6c([2H])c7c([2H])c([2H])c([2H])c([2H])c7c([2H])c6c5c4[2H])c4c(C)c([2H])c(C)c([2H])c34)c1C2(C)C. The third-order valence-corrected chi connectivity index (χ3v) is 9.57. The highest BCUT2D eigenvalue weighted by atomic mass is 16.3. The van der Waals surface area contributed by atoms with E-state index in [1.807, 2.05) is 0 Å². The van der Waals surface area contributed by atoms with Crippen molar-refractivity contribution in [1.82, 2.24) is 0 Å². The molecule has 234 valence electrons. The Morgan fingerprint density at radius 1 is 0.510 bits per heavy atom. The first kappa shape index (κ1) is 14.4. The van der Waals surface area contributed by atoms with Gasteiger partial charge in [0.05, 0.1) is 28.8 Å². The molecule has 0 aliphatic heterocycles. The topological polar surface area (TPSA) is 13.1 Å². The van der Waals surface area contributed by atoms with Crippen molar-refractivity contribution < 1.29 is 33.2 Å². The summed E-state index contributed by atoms with van der Waals surface area (Å²) >= 11 is 0.